The van der Waals surface area contributed by atoms with Gasteiger partial charge in [-0.15, -0.1) is 0 Å². The molecular weight excluding hydrogens is 932 g/mol. The summed E-state index contributed by atoms with van der Waals surface area (Å²) in [7, 11) is -2.82. The summed E-state index contributed by atoms with van der Waals surface area (Å²) in [5, 5.41) is 20.8. The first kappa shape index (κ1) is 53.9. The van der Waals surface area contributed by atoms with Crippen molar-refractivity contribution in [2.75, 3.05) is 77.0 Å². The van der Waals surface area contributed by atoms with Crippen molar-refractivity contribution in [3.63, 3.8) is 0 Å². The number of hydrogen-bond donors (Lipinski definition) is 5. The lowest BCUT2D eigenvalue weighted by molar-refractivity contribution is -0.926. The molecule has 0 radical (unpaired) electrons. The third kappa shape index (κ3) is 17.7. The monoisotopic (exact) mass is 1000 g/mol. The summed E-state index contributed by atoms with van der Waals surface area (Å²) in [6.07, 6.45) is 11.8. The van der Waals surface area contributed by atoms with Crippen LogP contribution in [0, 0.1) is 6.92 Å². The van der Waals surface area contributed by atoms with Gasteiger partial charge in [-0.1, -0.05) is 67.4 Å². The summed E-state index contributed by atoms with van der Waals surface area (Å²) >= 11 is 0. The maximum Gasteiger partial charge on any atom is 0.268 e. The Kier molecular flexibility index (Phi) is 20.4. The highest BCUT2D eigenvalue weighted by molar-refractivity contribution is 7.44. The van der Waals surface area contributed by atoms with E-state index in [-0.39, 0.29) is 5.91 Å². The maximum absolute atomic E-state index is 13.4. The van der Waals surface area contributed by atoms with Gasteiger partial charge in [-0.3, -0.25) is 23.8 Å². The molecule has 2 unspecified atom stereocenters. The highest BCUT2D eigenvalue weighted by atomic mass is 31.2. The topological polar surface area (TPSA) is 203 Å². The molecule has 2 aromatic heterocycles. The maximum atomic E-state index is 13.4. The predicted octanol–water partition coefficient (Wildman–Crippen LogP) is 8.34. The number of hydrogen-bond acceptors (Lipinski definition) is 13. The molecule has 6 aromatic rings. The number of aromatic nitrogens is 3. The molecule has 2 atom stereocenters. The van der Waals surface area contributed by atoms with Crippen LogP contribution < -0.4 is 25.6 Å². The zero-order chi connectivity index (χ0) is 50.6. The molecule has 1 aliphatic heterocycles. The minimum absolute atomic E-state index is 0.218. The Bertz CT molecular complexity index is 2650. The number of likely N-dealkylation sites (N-methyl/N-ethyl adjacent to an activating group) is 1. The number of aliphatic hydroxyl groups is 1. The third-order valence-electron chi connectivity index (χ3n) is 12.9. The van der Waals surface area contributed by atoms with Crippen molar-refractivity contribution < 1.29 is 42.7 Å². The lowest BCUT2D eigenvalue weighted by atomic mass is 10.0. The number of aliphatic hydroxyl groups excluding tert-OH is 1. The fourth-order valence-corrected chi connectivity index (χ4v) is 8.82. The Morgan fingerprint density at radius 3 is 2.42 bits per heavy atom. The molecule has 0 saturated carbocycles. The summed E-state index contributed by atoms with van der Waals surface area (Å²) in [6.45, 7) is 8.66. The largest absolute Gasteiger partial charge is 0.756 e. The van der Waals surface area contributed by atoms with Crippen LogP contribution in [0.4, 0.5) is 17.3 Å². The summed E-state index contributed by atoms with van der Waals surface area (Å²) in [6, 6.07) is 35.0. The molecule has 1 amide bonds. The minimum atomic E-state index is -5.00. The Balaban J connectivity index is 0.830. The normalized spacial score (nSPS) is 14.8. The number of nitrogens with one attached hydrogen (secondary N) is 3. The highest BCUT2D eigenvalue weighted by Gasteiger charge is 2.30. The number of nitrogens with zero attached hydrogens (tertiary/aromatic N) is 5. The fraction of sp³-hybridized carbons (Fsp3) is 0.382. The SMILES string of the molecule is Cc1ccc(NC(=O)c2ccc(CN3CC[N+](C)(Cc4ccc(C(O)CNCCCCCCOCCCCc5ccccc5)cc4OCOP(=O)([O-])O)CC3)cc2)cc1Nc1nccc(-c2cccnc2)n1. The molecule has 72 heavy (non-hydrogen) atoms. The fourth-order valence-electron chi connectivity index (χ4n) is 8.63. The Labute approximate surface area is 423 Å². The number of quaternary nitrogens is 1. The lowest BCUT2D eigenvalue weighted by Crippen LogP contribution is -2.56. The van der Waals surface area contributed by atoms with Crippen LogP contribution in [0.15, 0.2) is 128 Å². The van der Waals surface area contributed by atoms with E-state index < -0.39 is 20.7 Å². The van der Waals surface area contributed by atoms with Gasteiger partial charge in [0.15, 0.2) is 6.79 Å². The predicted molar refractivity (Wildman–Crippen MR) is 278 cm³/mol. The molecular formula is C55H69N8O8P. The molecule has 1 fully saturated rings. The van der Waals surface area contributed by atoms with Crippen molar-refractivity contribution in [1.29, 1.82) is 0 Å². The van der Waals surface area contributed by atoms with E-state index in [1.54, 1.807) is 24.7 Å². The molecule has 382 valence electrons. The average Bonchev–Trinajstić information content (AvgIpc) is 3.38. The van der Waals surface area contributed by atoms with Gasteiger partial charge < -0.3 is 44.8 Å². The van der Waals surface area contributed by atoms with Crippen LogP contribution in [0.3, 0.4) is 0 Å². The van der Waals surface area contributed by atoms with Crippen molar-refractivity contribution in [1.82, 2.24) is 25.2 Å². The van der Waals surface area contributed by atoms with Gasteiger partial charge in [-0.25, -0.2) is 9.97 Å². The van der Waals surface area contributed by atoms with E-state index in [1.807, 2.05) is 85.8 Å². The average molecular weight is 1000 g/mol. The molecule has 1 aliphatic rings. The summed E-state index contributed by atoms with van der Waals surface area (Å²) in [5.74, 6) is 0.606. The molecule has 0 bridgehead atoms. The number of pyridine rings is 1. The van der Waals surface area contributed by atoms with Crippen LogP contribution in [0.2, 0.25) is 0 Å². The van der Waals surface area contributed by atoms with Crippen molar-refractivity contribution in [3.8, 4) is 17.0 Å². The first-order valence-corrected chi connectivity index (χ1v) is 26.4. The smallest absolute Gasteiger partial charge is 0.268 e. The van der Waals surface area contributed by atoms with Crippen LogP contribution in [0.5, 0.6) is 5.75 Å². The van der Waals surface area contributed by atoms with E-state index in [0.717, 1.165) is 131 Å². The van der Waals surface area contributed by atoms with E-state index in [1.165, 1.54) is 5.56 Å². The Morgan fingerprint density at radius 1 is 0.875 bits per heavy atom. The molecule has 7 rings (SSSR count). The number of carbonyl (C=O) groups is 1. The number of anilines is 3. The van der Waals surface area contributed by atoms with E-state index in [9.17, 15) is 24.3 Å². The first-order chi connectivity index (χ1) is 34.9. The quantitative estimate of drug-likeness (QED) is 0.0136. The second kappa shape index (κ2) is 27.2. The second-order valence-corrected chi connectivity index (χ2v) is 19.9. The standard InChI is InChI=1S/C55H69N8O8P/c1-42-17-24-49(36-51(42)61-55-58-28-25-50(60-55)47-16-12-27-56-37-47)59-54(65)45-20-18-44(19-21-45)39-62-29-31-63(2,32-30-62)40-48-23-22-46(35-53(48)70-41-71-72(66,67)68)52(64)38-57-26-9-3-4-10-33-69-34-11-8-15-43-13-6-5-7-14-43/h5-7,12-14,16-25,27-28,35-37,52,57,64H,3-4,8-11,15,26,29-34,38-41H2,1-2H3,(H3-,58,59,60,61,65,66,67,68). The minimum Gasteiger partial charge on any atom is -0.756 e. The Hall–Kier alpha value is -5.91. The number of piperazine rings is 1. The zero-order valence-electron chi connectivity index (χ0n) is 41.5. The van der Waals surface area contributed by atoms with Gasteiger partial charge in [0, 0.05) is 86.0 Å². The molecule has 1 saturated heterocycles. The van der Waals surface area contributed by atoms with Crippen molar-refractivity contribution in [2.45, 2.75) is 71.1 Å². The number of benzene rings is 4. The van der Waals surface area contributed by atoms with E-state index in [2.05, 4.69) is 71.6 Å². The van der Waals surface area contributed by atoms with Crippen LogP contribution in [0.25, 0.3) is 11.3 Å². The van der Waals surface area contributed by atoms with Crippen LogP contribution in [-0.4, -0.2) is 107 Å². The lowest BCUT2D eigenvalue weighted by Gasteiger charge is -2.42. The van der Waals surface area contributed by atoms with Gasteiger partial charge in [0.2, 0.25) is 5.95 Å². The summed E-state index contributed by atoms with van der Waals surface area (Å²) in [4.78, 5) is 49.5. The number of ether oxygens (including phenoxy) is 2. The molecule has 0 aliphatic carbocycles. The van der Waals surface area contributed by atoms with Crippen molar-refractivity contribution >= 4 is 31.1 Å². The van der Waals surface area contributed by atoms with E-state index >= 15 is 0 Å². The van der Waals surface area contributed by atoms with E-state index in [4.69, 9.17) is 9.47 Å². The Morgan fingerprint density at radius 2 is 1.65 bits per heavy atom. The van der Waals surface area contributed by atoms with Gasteiger partial charge in [0.1, 0.15) is 12.3 Å². The molecule has 3 heterocycles. The second-order valence-electron chi connectivity index (χ2n) is 18.7. The number of unbranched alkanes of at least 4 members (excludes halogenated alkanes) is 4. The van der Waals surface area contributed by atoms with Gasteiger partial charge in [-0.2, -0.15) is 0 Å². The number of aryl methyl sites for hydroxylation is 2. The van der Waals surface area contributed by atoms with Crippen LogP contribution in [0.1, 0.15) is 82.8 Å². The van der Waals surface area contributed by atoms with Crippen molar-refractivity contribution in [2.24, 2.45) is 0 Å². The number of phosphoric acid groups is 1. The number of phosphoric ester groups is 1. The molecule has 4 aromatic carbocycles. The molecule has 16 nitrogen and oxygen atoms in total. The zero-order valence-corrected chi connectivity index (χ0v) is 42.4. The van der Waals surface area contributed by atoms with Gasteiger partial charge in [0.25, 0.3) is 13.7 Å². The molecule has 5 N–H and O–H groups in total. The molecule has 17 heteroatoms. The number of rotatable bonds is 28. The van der Waals surface area contributed by atoms with Crippen molar-refractivity contribution in [3.05, 3.63) is 161 Å². The highest BCUT2D eigenvalue weighted by Crippen LogP contribution is 2.33. The van der Waals surface area contributed by atoms with Crippen LogP contribution >= 0.6 is 7.82 Å². The number of amides is 1. The van der Waals surface area contributed by atoms with E-state index in [0.29, 0.717) is 46.1 Å². The van der Waals surface area contributed by atoms with Gasteiger partial charge in [0.05, 0.1) is 31.9 Å². The van der Waals surface area contributed by atoms with Gasteiger partial charge in [-0.05, 0) is 122 Å². The number of carbonyl (C=O) groups excluding carboxylic acids is 1. The van der Waals surface area contributed by atoms with Gasteiger partial charge >= 0.3 is 0 Å². The first-order valence-electron chi connectivity index (χ1n) is 24.9. The summed E-state index contributed by atoms with van der Waals surface area (Å²) in [5.41, 5.74) is 8.48. The van der Waals surface area contributed by atoms with Crippen LogP contribution in [-0.2, 0) is 33.3 Å². The molecule has 0 spiro atoms. The third-order valence-corrected chi connectivity index (χ3v) is 13.4. The summed E-state index contributed by atoms with van der Waals surface area (Å²) < 4.78 is 28.2.